The third-order valence-electron chi connectivity index (χ3n) is 2.25. The summed E-state index contributed by atoms with van der Waals surface area (Å²) in [4.78, 5) is 10.7. The first-order valence-corrected chi connectivity index (χ1v) is 5.44. The van der Waals surface area contributed by atoms with Crippen LogP contribution in [0.15, 0.2) is 18.2 Å². The van der Waals surface area contributed by atoms with E-state index in [9.17, 15) is 4.79 Å². The standard InChI is InChI=1S/C12H16ClNO2/c1-8-4-5-9(6-10(8)13)14-12(2,3)7-11(15)16/h4-6,14H,7H2,1-3H3,(H,15,16). The summed E-state index contributed by atoms with van der Waals surface area (Å²) in [5, 5.41) is 12.6. The summed E-state index contributed by atoms with van der Waals surface area (Å²) in [5.41, 5.74) is 1.34. The Balaban J connectivity index is 2.79. The molecule has 16 heavy (non-hydrogen) atoms. The van der Waals surface area contributed by atoms with E-state index in [1.807, 2.05) is 32.9 Å². The largest absolute Gasteiger partial charge is 0.481 e. The number of hydrogen-bond donors (Lipinski definition) is 2. The zero-order chi connectivity index (χ0) is 12.3. The van der Waals surface area contributed by atoms with E-state index in [4.69, 9.17) is 16.7 Å². The quantitative estimate of drug-likeness (QED) is 0.850. The van der Waals surface area contributed by atoms with Crippen LogP contribution in [-0.4, -0.2) is 16.6 Å². The molecule has 3 nitrogen and oxygen atoms in total. The predicted molar refractivity (Wildman–Crippen MR) is 66.1 cm³/mol. The lowest BCUT2D eigenvalue weighted by Crippen LogP contribution is -2.33. The molecule has 0 unspecified atom stereocenters. The molecule has 0 saturated carbocycles. The van der Waals surface area contributed by atoms with E-state index in [-0.39, 0.29) is 6.42 Å². The zero-order valence-electron chi connectivity index (χ0n) is 9.67. The van der Waals surface area contributed by atoms with E-state index in [0.29, 0.717) is 5.02 Å². The number of hydrogen-bond acceptors (Lipinski definition) is 2. The number of carbonyl (C=O) groups is 1. The number of nitrogens with one attached hydrogen (secondary N) is 1. The lowest BCUT2D eigenvalue weighted by molar-refractivity contribution is -0.137. The maximum Gasteiger partial charge on any atom is 0.305 e. The van der Waals surface area contributed by atoms with Crippen molar-refractivity contribution in [2.75, 3.05) is 5.32 Å². The normalized spacial score (nSPS) is 11.2. The van der Waals surface area contributed by atoms with Crippen LogP contribution in [0.2, 0.25) is 5.02 Å². The molecule has 0 atom stereocenters. The van der Waals surface area contributed by atoms with Gasteiger partial charge in [0.05, 0.1) is 6.42 Å². The highest BCUT2D eigenvalue weighted by Crippen LogP contribution is 2.23. The molecule has 0 radical (unpaired) electrons. The van der Waals surface area contributed by atoms with Crippen LogP contribution in [0.25, 0.3) is 0 Å². The number of benzene rings is 1. The predicted octanol–water partition coefficient (Wildman–Crippen LogP) is 3.31. The van der Waals surface area contributed by atoms with Crippen LogP contribution in [-0.2, 0) is 4.79 Å². The second-order valence-corrected chi connectivity index (χ2v) is 4.95. The van der Waals surface area contributed by atoms with Gasteiger partial charge in [0.2, 0.25) is 0 Å². The molecule has 0 amide bonds. The first kappa shape index (κ1) is 12.8. The molecule has 0 fully saturated rings. The summed E-state index contributed by atoms with van der Waals surface area (Å²) in [5.74, 6) is -0.823. The Morgan fingerprint density at radius 3 is 2.62 bits per heavy atom. The maximum atomic E-state index is 10.7. The van der Waals surface area contributed by atoms with Gasteiger partial charge in [0.15, 0.2) is 0 Å². The summed E-state index contributed by atoms with van der Waals surface area (Å²) in [6.07, 6.45) is 0.0541. The van der Waals surface area contributed by atoms with E-state index in [0.717, 1.165) is 11.3 Å². The molecular weight excluding hydrogens is 226 g/mol. The van der Waals surface area contributed by atoms with Gasteiger partial charge in [-0.2, -0.15) is 0 Å². The van der Waals surface area contributed by atoms with Crippen molar-refractivity contribution >= 4 is 23.3 Å². The van der Waals surface area contributed by atoms with Gasteiger partial charge in [-0.05, 0) is 38.5 Å². The smallest absolute Gasteiger partial charge is 0.305 e. The number of carboxylic acid groups (broad SMARTS) is 1. The summed E-state index contributed by atoms with van der Waals surface area (Å²) in [6, 6.07) is 5.60. The van der Waals surface area contributed by atoms with Crippen LogP contribution >= 0.6 is 11.6 Å². The minimum atomic E-state index is -0.823. The third kappa shape index (κ3) is 3.74. The summed E-state index contributed by atoms with van der Waals surface area (Å²) >= 11 is 5.99. The molecule has 1 aromatic rings. The van der Waals surface area contributed by atoms with Crippen LogP contribution < -0.4 is 5.32 Å². The van der Waals surface area contributed by atoms with E-state index in [1.54, 1.807) is 6.07 Å². The Kier molecular flexibility index (Phi) is 3.81. The second kappa shape index (κ2) is 4.74. The first-order chi connectivity index (χ1) is 7.30. The van der Waals surface area contributed by atoms with Crippen LogP contribution in [0.5, 0.6) is 0 Å². The fourth-order valence-electron chi connectivity index (χ4n) is 1.48. The fraction of sp³-hybridized carbons (Fsp3) is 0.417. The molecule has 0 heterocycles. The molecule has 0 spiro atoms. The highest BCUT2D eigenvalue weighted by molar-refractivity contribution is 6.31. The highest BCUT2D eigenvalue weighted by atomic mass is 35.5. The van der Waals surface area contributed by atoms with E-state index >= 15 is 0 Å². The van der Waals surface area contributed by atoms with Gasteiger partial charge in [0, 0.05) is 16.2 Å². The van der Waals surface area contributed by atoms with Gasteiger partial charge >= 0.3 is 5.97 Å². The number of anilines is 1. The van der Waals surface area contributed by atoms with Gasteiger partial charge in [-0.15, -0.1) is 0 Å². The third-order valence-corrected chi connectivity index (χ3v) is 2.65. The average molecular weight is 242 g/mol. The molecule has 0 saturated heterocycles. The van der Waals surface area contributed by atoms with Crippen molar-refractivity contribution in [1.29, 1.82) is 0 Å². The van der Waals surface area contributed by atoms with Crippen molar-refractivity contribution < 1.29 is 9.90 Å². The lowest BCUT2D eigenvalue weighted by atomic mass is 10.0. The van der Waals surface area contributed by atoms with Crippen molar-refractivity contribution in [1.82, 2.24) is 0 Å². The number of carboxylic acids is 1. The Hall–Kier alpha value is -1.22. The summed E-state index contributed by atoms with van der Waals surface area (Å²) in [6.45, 7) is 5.61. The van der Waals surface area contributed by atoms with Crippen molar-refractivity contribution in [3.8, 4) is 0 Å². The van der Waals surface area contributed by atoms with Crippen LogP contribution in [0, 0.1) is 6.92 Å². The van der Waals surface area contributed by atoms with Gasteiger partial charge in [0.1, 0.15) is 0 Å². The molecule has 0 aliphatic carbocycles. The average Bonchev–Trinajstić information content (AvgIpc) is 2.08. The topological polar surface area (TPSA) is 49.3 Å². The Bertz CT molecular complexity index is 402. The monoisotopic (exact) mass is 241 g/mol. The molecule has 0 aliphatic rings. The van der Waals surface area contributed by atoms with Crippen molar-refractivity contribution in [2.45, 2.75) is 32.7 Å². The number of aliphatic carboxylic acids is 1. The first-order valence-electron chi connectivity index (χ1n) is 5.06. The van der Waals surface area contributed by atoms with Crippen molar-refractivity contribution in [3.63, 3.8) is 0 Å². The van der Waals surface area contributed by atoms with E-state index < -0.39 is 11.5 Å². The molecule has 4 heteroatoms. The molecule has 88 valence electrons. The van der Waals surface area contributed by atoms with Gasteiger partial charge in [-0.25, -0.2) is 0 Å². The summed E-state index contributed by atoms with van der Waals surface area (Å²) < 4.78 is 0. The molecule has 1 rings (SSSR count). The Labute approximate surface area is 100 Å². The maximum absolute atomic E-state index is 10.7. The Morgan fingerprint density at radius 2 is 2.12 bits per heavy atom. The van der Waals surface area contributed by atoms with Crippen molar-refractivity contribution in [3.05, 3.63) is 28.8 Å². The molecule has 0 aliphatic heterocycles. The number of aryl methyl sites for hydroxylation is 1. The van der Waals surface area contributed by atoms with Crippen LogP contribution in [0.4, 0.5) is 5.69 Å². The van der Waals surface area contributed by atoms with Gasteiger partial charge in [-0.1, -0.05) is 17.7 Å². The minimum Gasteiger partial charge on any atom is -0.481 e. The summed E-state index contributed by atoms with van der Waals surface area (Å²) in [7, 11) is 0. The number of halogens is 1. The highest BCUT2D eigenvalue weighted by Gasteiger charge is 2.21. The molecule has 0 aromatic heterocycles. The van der Waals surface area contributed by atoms with E-state index in [1.165, 1.54) is 0 Å². The van der Waals surface area contributed by atoms with Gasteiger partial charge < -0.3 is 10.4 Å². The second-order valence-electron chi connectivity index (χ2n) is 4.54. The zero-order valence-corrected chi connectivity index (χ0v) is 10.4. The molecule has 0 bridgehead atoms. The fourth-order valence-corrected chi connectivity index (χ4v) is 1.66. The lowest BCUT2D eigenvalue weighted by Gasteiger charge is -2.25. The van der Waals surface area contributed by atoms with Gasteiger partial charge in [-0.3, -0.25) is 4.79 Å². The Morgan fingerprint density at radius 1 is 1.50 bits per heavy atom. The van der Waals surface area contributed by atoms with Crippen LogP contribution in [0.1, 0.15) is 25.8 Å². The molecule has 2 N–H and O–H groups in total. The van der Waals surface area contributed by atoms with E-state index in [2.05, 4.69) is 5.32 Å². The van der Waals surface area contributed by atoms with Crippen molar-refractivity contribution in [2.24, 2.45) is 0 Å². The number of rotatable bonds is 4. The minimum absolute atomic E-state index is 0.0541. The molecular formula is C12H16ClNO2. The van der Waals surface area contributed by atoms with Crippen LogP contribution in [0.3, 0.4) is 0 Å². The molecule has 1 aromatic carbocycles. The SMILES string of the molecule is Cc1ccc(NC(C)(C)CC(=O)O)cc1Cl. The van der Waals surface area contributed by atoms with Gasteiger partial charge in [0.25, 0.3) is 0 Å².